The molecular weight excluding hydrogens is 210 g/mol. The van der Waals surface area contributed by atoms with Crippen molar-refractivity contribution in [3.05, 3.63) is 0 Å². The van der Waals surface area contributed by atoms with Crippen molar-refractivity contribution in [2.75, 3.05) is 13.6 Å². The fourth-order valence-corrected chi connectivity index (χ4v) is 4.72. The number of hydrogen-bond acceptors (Lipinski definition) is 3. The minimum Gasteiger partial charge on any atom is -0.312 e. The maximum atomic E-state index is 3.88. The Morgan fingerprint density at radius 2 is 2.06 bits per heavy atom. The van der Waals surface area contributed by atoms with Gasteiger partial charge in [0.25, 0.3) is 0 Å². The van der Waals surface area contributed by atoms with E-state index in [2.05, 4.69) is 43.4 Å². The summed E-state index contributed by atoms with van der Waals surface area (Å²) in [4.78, 5) is 2.58. The van der Waals surface area contributed by atoms with E-state index in [1.165, 1.54) is 19.4 Å². The Bertz CT molecular complexity index is 289. The third kappa shape index (κ3) is 1.66. The van der Waals surface area contributed by atoms with Gasteiger partial charge in [0.1, 0.15) is 0 Å². The van der Waals surface area contributed by atoms with Gasteiger partial charge in [-0.15, -0.1) is 0 Å². The van der Waals surface area contributed by atoms with Gasteiger partial charge in [-0.3, -0.25) is 10.2 Å². The highest BCUT2D eigenvalue weighted by atomic mass is 15.4. The van der Waals surface area contributed by atoms with Crippen molar-refractivity contribution in [3.8, 4) is 0 Å². The predicted molar refractivity (Wildman–Crippen MR) is 70.8 cm³/mol. The minimum atomic E-state index is 0.609. The second-order valence-corrected chi connectivity index (χ2v) is 6.64. The van der Waals surface area contributed by atoms with E-state index < -0.39 is 0 Å². The zero-order valence-electron chi connectivity index (χ0n) is 11.6. The van der Waals surface area contributed by atoms with Crippen LogP contribution in [-0.4, -0.2) is 42.8 Å². The lowest BCUT2D eigenvalue weighted by Crippen LogP contribution is -2.51. The normalized spacial score (nSPS) is 50.6. The fraction of sp³-hybridized carbons (Fsp3) is 1.00. The molecule has 0 aromatic carbocycles. The Balaban J connectivity index is 1.88. The SMILES string of the molecule is CC(C)C1C2C3NCCCC3NC2N(C)C1C. The van der Waals surface area contributed by atoms with Crippen LogP contribution in [0.15, 0.2) is 0 Å². The average Bonchev–Trinajstić information content (AvgIpc) is 2.77. The van der Waals surface area contributed by atoms with Gasteiger partial charge in [-0.05, 0) is 45.2 Å². The van der Waals surface area contributed by atoms with Gasteiger partial charge < -0.3 is 5.32 Å². The molecule has 0 saturated carbocycles. The van der Waals surface area contributed by atoms with Crippen molar-refractivity contribution in [2.24, 2.45) is 17.8 Å². The molecule has 0 aliphatic carbocycles. The van der Waals surface area contributed by atoms with E-state index in [9.17, 15) is 0 Å². The summed E-state index contributed by atoms with van der Waals surface area (Å²) in [6, 6.07) is 2.14. The van der Waals surface area contributed by atoms with Crippen LogP contribution in [0, 0.1) is 17.8 Å². The highest BCUT2D eigenvalue weighted by Crippen LogP contribution is 2.45. The standard InChI is InChI=1S/C14H27N3/c1-8(2)11-9(3)17(4)14-12(11)13-10(16-14)6-5-7-15-13/h8-16H,5-7H2,1-4H3. The second-order valence-electron chi connectivity index (χ2n) is 6.64. The Labute approximate surface area is 105 Å². The topological polar surface area (TPSA) is 27.3 Å². The van der Waals surface area contributed by atoms with Crippen LogP contribution in [0.2, 0.25) is 0 Å². The summed E-state index contributed by atoms with van der Waals surface area (Å²) >= 11 is 0. The smallest absolute Gasteiger partial charge is 0.0647 e. The van der Waals surface area contributed by atoms with Crippen molar-refractivity contribution >= 4 is 0 Å². The summed E-state index contributed by atoms with van der Waals surface area (Å²) in [5.41, 5.74) is 0. The quantitative estimate of drug-likeness (QED) is 0.719. The summed E-state index contributed by atoms with van der Waals surface area (Å²) in [6.45, 7) is 8.42. The molecule has 6 unspecified atom stereocenters. The molecule has 3 aliphatic heterocycles. The molecule has 3 fully saturated rings. The first-order valence-electron chi connectivity index (χ1n) is 7.32. The summed E-state index contributed by atoms with van der Waals surface area (Å²) in [6.07, 6.45) is 3.30. The molecule has 3 heterocycles. The first kappa shape index (κ1) is 11.9. The lowest BCUT2D eigenvalue weighted by molar-refractivity contribution is 0.181. The maximum absolute atomic E-state index is 3.88. The molecule has 3 nitrogen and oxygen atoms in total. The van der Waals surface area contributed by atoms with Crippen molar-refractivity contribution in [2.45, 2.75) is 57.9 Å². The number of fused-ring (bicyclic) bond motifs is 3. The van der Waals surface area contributed by atoms with Crippen LogP contribution in [0.1, 0.15) is 33.6 Å². The van der Waals surface area contributed by atoms with Crippen LogP contribution in [0.3, 0.4) is 0 Å². The first-order valence-corrected chi connectivity index (χ1v) is 7.32. The first-order chi connectivity index (χ1) is 8.11. The van der Waals surface area contributed by atoms with Gasteiger partial charge in [0.2, 0.25) is 0 Å². The summed E-state index contributed by atoms with van der Waals surface area (Å²) in [7, 11) is 2.30. The third-order valence-electron chi connectivity index (χ3n) is 5.52. The molecule has 3 saturated heterocycles. The Morgan fingerprint density at radius 3 is 2.76 bits per heavy atom. The van der Waals surface area contributed by atoms with Crippen LogP contribution in [0.4, 0.5) is 0 Å². The van der Waals surface area contributed by atoms with E-state index in [0.717, 1.165) is 23.8 Å². The number of rotatable bonds is 1. The Morgan fingerprint density at radius 1 is 1.29 bits per heavy atom. The molecule has 3 aliphatic rings. The molecule has 0 bridgehead atoms. The Hall–Kier alpha value is -0.120. The lowest BCUT2D eigenvalue weighted by atomic mass is 9.76. The molecule has 17 heavy (non-hydrogen) atoms. The highest BCUT2D eigenvalue weighted by molar-refractivity contribution is 5.11. The summed E-state index contributed by atoms with van der Waals surface area (Å²) in [5.74, 6) is 2.42. The third-order valence-corrected chi connectivity index (χ3v) is 5.52. The summed E-state index contributed by atoms with van der Waals surface area (Å²) < 4.78 is 0. The van der Waals surface area contributed by atoms with E-state index in [1.54, 1.807) is 0 Å². The predicted octanol–water partition coefficient (Wildman–Crippen LogP) is 1.26. The fourth-order valence-electron chi connectivity index (χ4n) is 4.72. The molecule has 0 aromatic rings. The van der Waals surface area contributed by atoms with Gasteiger partial charge in [0.15, 0.2) is 0 Å². The monoisotopic (exact) mass is 237 g/mol. The molecule has 0 aromatic heterocycles. The van der Waals surface area contributed by atoms with Crippen molar-refractivity contribution in [1.29, 1.82) is 0 Å². The van der Waals surface area contributed by atoms with E-state index >= 15 is 0 Å². The lowest BCUT2D eigenvalue weighted by Gasteiger charge is -2.35. The van der Waals surface area contributed by atoms with Crippen molar-refractivity contribution in [3.63, 3.8) is 0 Å². The second kappa shape index (κ2) is 4.22. The number of hydrogen-bond donors (Lipinski definition) is 2. The number of piperidine rings is 1. The number of nitrogens with zero attached hydrogens (tertiary/aromatic N) is 1. The molecule has 3 heteroatoms. The van der Waals surface area contributed by atoms with Gasteiger partial charge in [-0.25, -0.2) is 0 Å². The molecule has 0 spiro atoms. The van der Waals surface area contributed by atoms with Crippen LogP contribution < -0.4 is 10.6 Å². The Kier molecular flexibility index (Phi) is 2.96. The van der Waals surface area contributed by atoms with Gasteiger partial charge in [-0.2, -0.15) is 0 Å². The number of likely N-dealkylation sites (tertiary alicyclic amines) is 1. The molecule has 2 N–H and O–H groups in total. The van der Waals surface area contributed by atoms with Crippen LogP contribution >= 0.6 is 0 Å². The largest absolute Gasteiger partial charge is 0.312 e. The van der Waals surface area contributed by atoms with Crippen molar-refractivity contribution < 1.29 is 0 Å². The van der Waals surface area contributed by atoms with Crippen LogP contribution in [0.5, 0.6) is 0 Å². The molecule has 0 amide bonds. The van der Waals surface area contributed by atoms with E-state index in [-0.39, 0.29) is 0 Å². The van der Waals surface area contributed by atoms with Gasteiger partial charge >= 0.3 is 0 Å². The molecule has 98 valence electrons. The van der Waals surface area contributed by atoms with Crippen molar-refractivity contribution in [1.82, 2.24) is 15.5 Å². The van der Waals surface area contributed by atoms with E-state index in [1.807, 2.05) is 0 Å². The van der Waals surface area contributed by atoms with E-state index in [4.69, 9.17) is 0 Å². The van der Waals surface area contributed by atoms with E-state index in [0.29, 0.717) is 18.2 Å². The molecule has 3 rings (SSSR count). The zero-order valence-corrected chi connectivity index (χ0v) is 11.6. The average molecular weight is 237 g/mol. The molecule has 6 atom stereocenters. The minimum absolute atomic E-state index is 0.609. The van der Waals surface area contributed by atoms with Gasteiger partial charge in [0.05, 0.1) is 6.17 Å². The van der Waals surface area contributed by atoms with Crippen LogP contribution in [0.25, 0.3) is 0 Å². The molecular formula is C14H27N3. The number of nitrogens with one attached hydrogen (secondary N) is 2. The maximum Gasteiger partial charge on any atom is 0.0647 e. The zero-order chi connectivity index (χ0) is 12.2. The highest BCUT2D eigenvalue weighted by Gasteiger charge is 2.56. The molecule has 0 radical (unpaired) electrons. The summed E-state index contributed by atoms with van der Waals surface area (Å²) in [5, 5.41) is 7.67. The van der Waals surface area contributed by atoms with Gasteiger partial charge in [0, 0.05) is 24.0 Å². The van der Waals surface area contributed by atoms with Gasteiger partial charge in [-0.1, -0.05) is 13.8 Å². The van der Waals surface area contributed by atoms with Crippen LogP contribution in [-0.2, 0) is 0 Å².